The van der Waals surface area contributed by atoms with Crippen molar-refractivity contribution in [1.29, 1.82) is 0 Å². The predicted octanol–water partition coefficient (Wildman–Crippen LogP) is 0.183. The lowest BCUT2D eigenvalue weighted by atomic mass is 10.3. The highest BCUT2D eigenvalue weighted by molar-refractivity contribution is 5.89. The number of primary amides is 1. The van der Waals surface area contributed by atoms with Crippen molar-refractivity contribution >= 4 is 11.9 Å². The Bertz CT molecular complexity index is 738. The number of carbonyl (C=O) groups is 2. The van der Waals surface area contributed by atoms with Gasteiger partial charge < -0.3 is 10.5 Å². The fourth-order valence-electron chi connectivity index (χ4n) is 1.72. The standard InChI is InChI=1S/C14H13N3O4/c1-9-7-11(18)13(14(20)21-8-12(15)19)16-17(9)10-5-3-2-4-6-10/h2-7H,8H2,1H3,(H2,15,19). The van der Waals surface area contributed by atoms with Crippen molar-refractivity contribution in [2.24, 2.45) is 5.73 Å². The fourth-order valence-corrected chi connectivity index (χ4v) is 1.72. The molecule has 21 heavy (non-hydrogen) atoms. The largest absolute Gasteiger partial charge is 0.451 e. The normalized spacial score (nSPS) is 10.1. The molecule has 2 N–H and O–H groups in total. The average molecular weight is 287 g/mol. The van der Waals surface area contributed by atoms with Crippen molar-refractivity contribution in [1.82, 2.24) is 9.78 Å². The molecule has 0 radical (unpaired) electrons. The number of carbonyl (C=O) groups excluding carboxylic acids is 2. The van der Waals surface area contributed by atoms with Crippen LogP contribution in [0.1, 0.15) is 16.2 Å². The summed E-state index contributed by atoms with van der Waals surface area (Å²) in [5.41, 5.74) is 5.17. The lowest BCUT2D eigenvalue weighted by Gasteiger charge is -2.10. The first-order chi connectivity index (χ1) is 9.99. The minimum absolute atomic E-state index is 0.397. The van der Waals surface area contributed by atoms with E-state index < -0.39 is 29.6 Å². The first-order valence-electron chi connectivity index (χ1n) is 6.11. The molecule has 0 saturated carbocycles. The summed E-state index contributed by atoms with van der Waals surface area (Å²) in [5.74, 6) is -1.79. The molecule has 0 aliphatic heterocycles. The Kier molecular flexibility index (Phi) is 4.13. The SMILES string of the molecule is Cc1cc(=O)c(C(=O)OCC(N)=O)nn1-c1ccccc1. The van der Waals surface area contributed by atoms with Crippen LogP contribution in [0.2, 0.25) is 0 Å². The van der Waals surface area contributed by atoms with Crippen LogP contribution < -0.4 is 11.2 Å². The minimum Gasteiger partial charge on any atom is -0.451 e. The van der Waals surface area contributed by atoms with Crippen molar-refractivity contribution in [3.05, 3.63) is 58.0 Å². The van der Waals surface area contributed by atoms with Gasteiger partial charge in [0.15, 0.2) is 6.61 Å². The summed E-state index contributed by atoms with van der Waals surface area (Å²) in [6.07, 6.45) is 0. The van der Waals surface area contributed by atoms with E-state index in [4.69, 9.17) is 5.73 Å². The van der Waals surface area contributed by atoms with Crippen LogP contribution in [0.25, 0.3) is 5.69 Å². The third-order valence-electron chi connectivity index (χ3n) is 2.65. The molecule has 0 fully saturated rings. The number of nitrogens with two attached hydrogens (primary N) is 1. The van der Waals surface area contributed by atoms with Crippen LogP contribution in [0.3, 0.4) is 0 Å². The van der Waals surface area contributed by atoms with Gasteiger partial charge in [-0.25, -0.2) is 9.48 Å². The predicted molar refractivity (Wildman–Crippen MR) is 74.0 cm³/mol. The summed E-state index contributed by atoms with van der Waals surface area (Å²) in [5, 5.41) is 4.00. The second-order valence-electron chi connectivity index (χ2n) is 4.29. The Labute approximate surface area is 120 Å². The van der Waals surface area contributed by atoms with Crippen molar-refractivity contribution in [2.75, 3.05) is 6.61 Å². The molecule has 7 nitrogen and oxygen atoms in total. The highest BCUT2D eigenvalue weighted by Crippen LogP contribution is 2.08. The van der Waals surface area contributed by atoms with Crippen molar-refractivity contribution < 1.29 is 14.3 Å². The number of hydrogen-bond acceptors (Lipinski definition) is 5. The Morgan fingerprint density at radius 2 is 1.95 bits per heavy atom. The molecule has 1 amide bonds. The van der Waals surface area contributed by atoms with Gasteiger partial charge in [0.1, 0.15) is 0 Å². The number of ether oxygens (including phenoxy) is 1. The Morgan fingerprint density at radius 1 is 1.29 bits per heavy atom. The maximum atomic E-state index is 11.8. The van der Waals surface area contributed by atoms with Gasteiger partial charge in [0, 0.05) is 11.8 Å². The molecule has 2 rings (SSSR count). The van der Waals surface area contributed by atoms with Gasteiger partial charge in [-0.1, -0.05) is 18.2 Å². The highest BCUT2D eigenvalue weighted by atomic mass is 16.5. The average Bonchev–Trinajstić information content (AvgIpc) is 2.46. The molecular formula is C14H13N3O4. The van der Waals surface area contributed by atoms with E-state index in [9.17, 15) is 14.4 Å². The summed E-state index contributed by atoms with van der Waals surface area (Å²) >= 11 is 0. The molecule has 108 valence electrons. The highest BCUT2D eigenvalue weighted by Gasteiger charge is 2.17. The molecule has 0 aliphatic rings. The van der Waals surface area contributed by atoms with Gasteiger partial charge in [0.2, 0.25) is 11.1 Å². The summed E-state index contributed by atoms with van der Waals surface area (Å²) < 4.78 is 6.06. The zero-order valence-corrected chi connectivity index (χ0v) is 11.3. The van der Waals surface area contributed by atoms with E-state index >= 15 is 0 Å². The number of nitrogens with zero attached hydrogens (tertiary/aromatic N) is 2. The van der Waals surface area contributed by atoms with E-state index in [2.05, 4.69) is 9.84 Å². The molecular weight excluding hydrogens is 274 g/mol. The van der Waals surface area contributed by atoms with Gasteiger partial charge >= 0.3 is 5.97 Å². The minimum atomic E-state index is -0.983. The van der Waals surface area contributed by atoms with Crippen LogP contribution in [0, 0.1) is 6.92 Å². The molecule has 0 saturated heterocycles. The lowest BCUT2D eigenvalue weighted by molar-refractivity contribution is -0.121. The molecule has 7 heteroatoms. The van der Waals surface area contributed by atoms with E-state index in [0.29, 0.717) is 11.4 Å². The van der Waals surface area contributed by atoms with E-state index in [1.54, 1.807) is 31.2 Å². The van der Waals surface area contributed by atoms with Crippen LogP contribution >= 0.6 is 0 Å². The van der Waals surface area contributed by atoms with Gasteiger partial charge in [0.25, 0.3) is 5.91 Å². The van der Waals surface area contributed by atoms with Gasteiger partial charge in [-0.15, -0.1) is 0 Å². The third-order valence-corrected chi connectivity index (χ3v) is 2.65. The van der Waals surface area contributed by atoms with Crippen molar-refractivity contribution in [3.8, 4) is 5.69 Å². The van der Waals surface area contributed by atoms with E-state index in [1.807, 2.05) is 6.07 Å². The van der Waals surface area contributed by atoms with E-state index in [1.165, 1.54) is 10.7 Å². The van der Waals surface area contributed by atoms with Gasteiger partial charge in [0.05, 0.1) is 5.69 Å². The topological polar surface area (TPSA) is 104 Å². The quantitative estimate of drug-likeness (QED) is 0.808. The zero-order valence-electron chi connectivity index (χ0n) is 11.3. The Morgan fingerprint density at radius 3 is 2.57 bits per heavy atom. The van der Waals surface area contributed by atoms with Gasteiger partial charge in [-0.05, 0) is 19.1 Å². The Hall–Kier alpha value is -2.96. The number of hydrogen-bond donors (Lipinski definition) is 1. The molecule has 0 atom stereocenters. The molecule has 0 aliphatic carbocycles. The molecule has 1 aromatic heterocycles. The first-order valence-corrected chi connectivity index (χ1v) is 6.11. The monoisotopic (exact) mass is 287 g/mol. The summed E-state index contributed by atoms with van der Waals surface area (Å²) in [7, 11) is 0. The van der Waals surface area contributed by atoms with Crippen LogP contribution in [0.15, 0.2) is 41.2 Å². The molecule has 2 aromatic rings. The second kappa shape index (κ2) is 6.00. The van der Waals surface area contributed by atoms with Crippen molar-refractivity contribution in [2.45, 2.75) is 6.92 Å². The first kappa shape index (κ1) is 14.4. The molecule has 1 aromatic carbocycles. The number of benzene rings is 1. The number of amides is 1. The van der Waals surface area contributed by atoms with Crippen molar-refractivity contribution in [3.63, 3.8) is 0 Å². The lowest BCUT2D eigenvalue weighted by Crippen LogP contribution is -2.27. The fraction of sp³-hybridized carbons (Fsp3) is 0.143. The van der Waals surface area contributed by atoms with E-state index in [0.717, 1.165) is 0 Å². The molecule has 1 heterocycles. The second-order valence-corrected chi connectivity index (χ2v) is 4.29. The number of aromatic nitrogens is 2. The van der Waals surface area contributed by atoms with E-state index in [-0.39, 0.29) is 0 Å². The number of rotatable bonds is 4. The maximum absolute atomic E-state index is 11.8. The van der Waals surface area contributed by atoms with Gasteiger partial charge in [-0.3, -0.25) is 9.59 Å². The number of aryl methyl sites for hydroxylation is 1. The zero-order chi connectivity index (χ0) is 15.4. The summed E-state index contributed by atoms with van der Waals surface area (Å²) in [6, 6.07) is 10.3. The van der Waals surface area contributed by atoms with Crippen LogP contribution in [0.4, 0.5) is 0 Å². The van der Waals surface area contributed by atoms with Crippen LogP contribution in [-0.4, -0.2) is 28.3 Å². The Balaban J connectivity index is 2.42. The number of para-hydroxylation sites is 1. The summed E-state index contributed by atoms with van der Waals surface area (Å²) in [6.45, 7) is 1.10. The molecule has 0 unspecified atom stereocenters. The maximum Gasteiger partial charge on any atom is 0.363 e. The molecule has 0 bridgehead atoms. The third kappa shape index (κ3) is 3.33. The summed E-state index contributed by atoms with van der Waals surface area (Å²) in [4.78, 5) is 34.2. The smallest absolute Gasteiger partial charge is 0.363 e. The van der Waals surface area contributed by atoms with Crippen LogP contribution in [0.5, 0.6) is 0 Å². The molecule has 0 spiro atoms. The van der Waals surface area contributed by atoms with Crippen LogP contribution in [-0.2, 0) is 9.53 Å². The van der Waals surface area contributed by atoms with Gasteiger partial charge in [-0.2, -0.15) is 5.10 Å². The number of esters is 1.